The summed E-state index contributed by atoms with van der Waals surface area (Å²) in [6.45, 7) is 0. The van der Waals surface area contributed by atoms with Crippen LogP contribution in [-0.2, 0) is 32.7 Å². The number of rotatable bonds is 0. The van der Waals surface area contributed by atoms with Gasteiger partial charge in [-0.05, 0) is 0 Å². The minimum absolute atomic E-state index is 0. The molecule has 0 fully saturated rings. The summed E-state index contributed by atoms with van der Waals surface area (Å²) in [5.41, 5.74) is 0. The van der Waals surface area contributed by atoms with Gasteiger partial charge in [-0.2, -0.15) is 0 Å². The van der Waals surface area contributed by atoms with Crippen molar-refractivity contribution in [2.75, 3.05) is 0 Å². The van der Waals surface area contributed by atoms with Crippen LogP contribution in [-0.4, -0.2) is 18.0 Å². The zero-order valence-corrected chi connectivity index (χ0v) is 5.83. The summed E-state index contributed by atoms with van der Waals surface area (Å²) in [5.74, 6) is 14.4. The fraction of sp³-hybridized carbons (Fsp3) is 0. The standard InChI is InChI=1S/3B.Cr.Mo. The zero-order chi connectivity index (χ0) is 3.58. The first kappa shape index (κ1) is 9.65. The van der Waals surface area contributed by atoms with Crippen LogP contribution in [0.5, 0.6) is 0 Å². The van der Waals surface area contributed by atoms with E-state index >= 15 is 0 Å². The first-order valence-electron chi connectivity index (χ1n) is 0.707. The fourth-order valence-electron chi connectivity index (χ4n) is 0. The van der Waals surface area contributed by atoms with Crippen LogP contribution >= 0.6 is 0 Å². The van der Waals surface area contributed by atoms with Gasteiger partial charge >= 0.3 is 29.7 Å². The molecule has 0 bridgehead atoms. The van der Waals surface area contributed by atoms with Gasteiger partial charge in [-0.1, -0.05) is 0 Å². The van der Waals surface area contributed by atoms with Crippen LogP contribution in [0, 0.1) is 0 Å². The Morgan fingerprint density at radius 2 is 1.00 bits per heavy atom. The van der Waals surface area contributed by atoms with Gasteiger partial charge in [-0.15, -0.1) is 0 Å². The van der Waals surface area contributed by atoms with E-state index in [1.54, 1.807) is 0 Å². The summed E-state index contributed by atoms with van der Waals surface area (Å²) in [6, 6.07) is 0. The summed E-state index contributed by atoms with van der Waals surface area (Å²) in [6.07, 6.45) is 0. The quantitative estimate of drug-likeness (QED) is 0.413. The van der Waals surface area contributed by atoms with Gasteiger partial charge in [0.15, 0.2) is 0 Å². The molecular weight excluding hydrogens is 180 g/mol. The molecule has 0 aliphatic carbocycles. The molecule has 0 nitrogen and oxygen atoms in total. The molecule has 0 heterocycles. The molecule has 0 aliphatic heterocycles. The van der Waals surface area contributed by atoms with E-state index < -0.39 is 11.7 Å². The first-order chi connectivity index (χ1) is 1.73. The van der Waals surface area contributed by atoms with Gasteiger partial charge in [0.05, 0.1) is 0 Å². The van der Waals surface area contributed by atoms with Gasteiger partial charge in [0.25, 0.3) is 0 Å². The molecule has 21 valence electrons. The third-order valence-electron chi connectivity index (χ3n) is 0. The van der Waals surface area contributed by atoms with E-state index in [9.17, 15) is 0 Å². The molecule has 0 spiro atoms. The Hall–Kier alpha value is 1.42. The molecule has 0 aliphatic rings. The predicted octanol–water partition coefficient (Wildman–Crippen LogP) is -1.15. The minimum Gasteiger partial charge on any atom is 0 e. The average Bonchev–Trinajstić information content (AvgIpc) is 0.811. The van der Waals surface area contributed by atoms with Crippen LogP contribution in [0.2, 0.25) is 0 Å². The second-order valence-corrected chi connectivity index (χ2v) is 1.68. The van der Waals surface area contributed by atoms with Crippen molar-refractivity contribution in [3.8, 4) is 0 Å². The van der Waals surface area contributed by atoms with Crippen LogP contribution in [0.1, 0.15) is 0 Å². The monoisotopic (exact) mass is 183 g/mol. The van der Waals surface area contributed by atoms with Crippen molar-refractivity contribution in [1.29, 1.82) is 0 Å². The Balaban J connectivity index is 0. The normalized spacial score (nSPS) is 4.20. The first-order valence-corrected chi connectivity index (χ1v) is 2.92. The molecule has 0 amide bonds. The van der Waals surface area contributed by atoms with E-state index in [2.05, 4.69) is 0 Å². The van der Waals surface area contributed by atoms with Gasteiger partial charge in [-0.3, -0.25) is 0 Å². The second-order valence-electron chi connectivity index (χ2n) is 0.408. The number of hydrogen-bond donors (Lipinski definition) is 0. The molecule has 0 atom stereocenters. The van der Waals surface area contributed by atoms with Crippen LogP contribution in [0.3, 0.4) is 0 Å². The third-order valence-corrected chi connectivity index (χ3v) is 0. The predicted molar refractivity (Wildman–Crippen MR) is 17.3 cm³/mol. The molecule has 0 aromatic rings. The topological polar surface area (TPSA) is 0 Å². The van der Waals surface area contributed by atoms with Gasteiger partial charge in [-0.25, -0.2) is 0 Å². The SMILES string of the molecule is [B]#[Cr](#[B])#[B].[Mo]. The Kier molecular flexibility index (Phi) is 10.5. The molecule has 0 radical (unpaired) electrons. The molecule has 0 aromatic heterocycles. The van der Waals surface area contributed by atoms with E-state index in [-0.39, 0.29) is 21.1 Å². The third kappa shape index (κ3) is 31.5. The van der Waals surface area contributed by atoms with Crippen molar-refractivity contribution in [2.24, 2.45) is 0 Å². The van der Waals surface area contributed by atoms with Crippen LogP contribution in [0.25, 0.3) is 0 Å². The van der Waals surface area contributed by atoms with E-state index in [0.29, 0.717) is 0 Å². The van der Waals surface area contributed by atoms with Crippen molar-refractivity contribution in [3.63, 3.8) is 0 Å². The molecule has 0 rings (SSSR count). The van der Waals surface area contributed by atoms with Crippen LogP contribution in [0.4, 0.5) is 0 Å². The number of hydrogen-bond acceptors (Lipinski definition) is 0. The molecule has 0 unspecified atom stereocenters. The van der Waals surface area contributed by atoms with Crippen LogP contribution < -0.4 is 0 Å². The van der Waals surface area contributed by atoms with E-state index in [1.165, 1.54) is 0 Å². The molecule has 5 heteroatoms. The molecule has 0 N–H and O–H groups in total. The van der Waals surface area contributed by atoms with Crippen molar-refractivity contribution >= 4 is 18.0 Å². The van der Waals surface area contributed by atoms with Crippen molar-refractivity contribution in [3.05, 3.63) is 0 Å². The van der Waals surface area contributed by atoms with Gasteiger partial charge in [0, 0.05) is 21.1 Å². The molecule has 5 heavy (non-hydrogen) atoms. The summed E-state index contributed by atoms with van der Waals surface area (Å²) >= 11 is -1.54. The molecule has 0 aromatic carbocycles. The van der Waals surface area contributed by atoms with Gasteiger partial charge in [0.1, 0.15) is 0 Å². The Labute approximate surface area is 50.6 Å². The van der Waals surface area contributed by atoms with Crippen LogP contribution in [0.15, 0.2) is 0 Å². The average molecular weight is 180 g/mol. The van der Waals surface area contributed by atoms with E-state index in [1.807, 2.05) is 0 Å². The second kappa shape index (κ2) is 5.42. The maximum absolute atomic E-state index is 4.79. The Morgan fingerprint density at radius 3 is 1.00 bits per heavy atom. The van der Waals surface area contributed by atoms with E-state index in [0.717, 1.165) is 0 Å². The van der Waals surface area contributed by atoms with Crippen molar-refractivity contribution in [1.82, 2.24) is 0 Å². The van der Waals surface area contributed by atoms with Crippen molar-refractivity contribution < 1.29 is 32.7 Å². The van der Waals surface area contributed by atoms with Crippen molar-refractivity contribution in [2.45, 2.75) is 0 Å². The summed E-state index contributed by atoms with van der Waals surface area (Å²) in [4.78, 5) is 0. The molecule has 0 saturated carbocycles. The maximum atomic E-state index is 4.79. The summed E-state index contributed by atoms with van der Waals surface area (Å²) in [5, 5.41) is 0. The zero-order valence-electron chi connectivity index (χ0n) is 2.55. The van der Waals surface area contributed by atoms with E-state index in [4.69, 9.17) is 18.0 Å². The molecule has 0 saturated heterocycles. The Bertz CT molecular complexity index is 222. The Morgan fingerprint density at radius 1 is 1.00 bits per heavy atom. The van der Waals surface area contributed by atoms with Gasteiger partial charge in [0.2, 0.25) is 0 Å². The van der Waals surface area contributed by atoms with Gasteiger partial charge < -0.3 is 0 Å². The minimum atomic E-state index is -1.54. The maximum Gasteiger partial charge on any atom is 0 e. The smallest absolute Gasteiger partial charge is 0 e. The fourth-order valence-corrected chi connectivity index (χ4v) is 0. The largest absolute Gasteiger partial charge is 0 e. The molecular formula is B3CrMo. The summed E-state index contributed by atoms with van der Waals surface area (Å²) < 4.78 is 0. The summed E-state index contributed by atoms with van der Waals surface area (Å²) in [7, 11) is 0.